The van der Waals surface area contributed by atoms with Crippen molar-refractivity contribution in [2.45, 2.75) is 32.2 Å². The summed E-state index contributed by atoms with van der Waals surface area (Å²) >= 11 is 0. The smallest absolute Gasteiger partial charge is 0.251 e. The molecule has 1 saturated carbocycles. The second-order valence-electron chi connectivity index (χ2n) is 5.54. The Labute approximate surface area is 130 Å². The standard InChI is InChI=1S/C17H20N4O/c1-2-9-18-16-10-15(19-11-20-16)12-3-5-13(6-4-12)17(22)21-14-7-8-14/h3-6,10-11,14H,2,7-9H2,1H3,(H,21,22)(H,18,19,20). The van der Waals surface area contributed by atoms with Crippen molar-refractivity contribution in [1.82, 2.24) is 15.3 Å². The minimum atomic E-state index is 0.00189. The fourth-order valence-corrected chi connectivity index (χ4v) is 2.15. The van der Waals surface area contributed by atoms with Crippen molar-refractivity contribution in [3.05, 3.63) is 42.2 Å². The van der Waals surface area contributed by atoms with Crippen molar-refractivity contribution in [1.29, 1.82) is 0 Å². The molecule has 0 aliphatic heterocycles. The molecule has 2 N–H and O–H groups in total. The Kier molecular flexibility index (Phi) is 4.32. The number of anilines is 1. The minimum Gasteiger partial charge on any atom is -0.370 e. The maximum atomic E-state index is 12.0. The molecular formula is C17H20N4O. The maximum absolute atomic E-state index is 12.0. The summed E-state index contributed by atoms with van der Waals surface area (Å²) in [5.41, 5.74) is 2.52. The number of nitrogens with one attached hydrogen (secondary N) is 2. The molecule has 0 bridgehead atoms. The molecule has 3 rings (SSSR count). The molecule has 114 valence electrons. The first kappa shape index (κ1) is 14.5. The summed E-state index contributed by atoms with van der Waals surface area (Å²) in [6.45, 7) is 3.00. The molecule has 1 heterocycles. The number of hydrogen-bond acceptors (Lipinski definition) is 4. The van der Waals surface area contributed by atoms with E-state index in [1.165, 1.54) is 0 Å². The Bertz CT molecular complexity index is 650. The van der Waals surface area contributed by atoms with E-state index in [2.05, 4.69) is 27.5 Å². The fourth-order valence-electron chi connectivity index (χ4n) is 2.15. The average molecular weight is 296 g/mol. The van der Waals surface area contributed by atoms with Crippen LogP contribution in [0.2, 0.25) is 0 Å². The van der Waals surface area contributed by atoms with Gasteiger partial charge in [-0.3, -0.25) is 4.79 Å². The number of carbonyl (C=O) groups is 1. The van der Waals surface area contributed by atoms with Crippen molar-refractivity contribution >= 4 is 11.7 Å². The third-order valence-corrected chi connectivity index (χ3v) is 3.58. The topological polar surface area (TPSA) is 66.9 Å². The Morgan fingerprint density at radius 3 is 2.68 bits per heavy atom. The summed E-state index contributed by atoms with van der Waals surface area (Å²) in [5, 5.41) is 6.23. The Morgan fingerprint density at radius 1 is 1.23 bits per heavy atom. The number of hydrogen-bond donors (Lipinski definition) is 2. The maximum Gasteiger partial charge on any atom is 0.251 e. The molecular weight excluding hydrogens is 276 g/mol. The highest BCUT2D eigenvalue weighted by Crippen LogP contribution is 2.21. The monoisotopic (exact) mass is 296 g/mol. The van der Waals surface area contributed by atoms with E-state index in [0.29, 0.717) is 11.6 Å². The molecule has 5 nitrogen and oxygen atoms in total. The predicted octanol–water partition coefficient (Wildman–Crippen LogP) is 2.86. The van der Waals surface area contributed by atoms with Crippen LogP contribution in [0.4, 0.5) is 5.82 Å². The van der Waals surface area contributed by atoms with Crippen LogP contribution in [0.15, 0.2) is 36.7 Å². The van der Waals surface area contributed by atoms with E-state index in [1.807, 2.05) is 30.3 Å². The minimum absolute atomic E-state index is 0.00189. The van der Waals surface area contributed by atoms with Gasteiger partial charge >= 0.3 is 0 Å². The summed E-state index contributed by atoms with van der Waals surface area (Å²) in [6.07, 6.45) is 4.79. The second-order valence-corrected chi connectivity index (χ2v) is 5.54. The van der Waals surface area contributed by atoms with Gasteiger partial charge in [-0.2, -0.15) is 0 Å². The average Bonchev–Trinajstić information content (AvgIpc) is 3.37. The molecule has 0 saturated heterocycles. The lowest BCUT2D eigenvalue weighted by Gasteiger charge is -2.07. The highest BCUT2D eigenvalue weighted by atomic mass is 16.1. The molecule has 1 fully saturated rings. The van der Waals surface area contributed by atoms with Crippen LogP contribution < -0.4 is 10.6 Å². The van der Waals surface area contributed by atoms with Crippen LogP contribution in [0.1, 0.15) is 36.5 Å². The summed E-state index contributed by atoms with van der Waals surface area (Å²) in [4.78, 5) is 20.5. The first-order valence-electron chi connectivity index (χ1n) is 7.73. The van der Waals surface area contributed by atoms with Crippen molar-refractivity contribution in [3.8, 4) is 11.3 Å². The Hall–Kier alpha value is -2.43. The lowest BCUT2D eigenvalue weighted by molar-refractivity contribution is 0.0951. The van der Waals surface area contributed by atoms with Crippen molar-refractivity contribution in [3.63, 3.8) is 0 Å². The Balaban J connectivity index is 1.72. The number of benzene rings is 1. The lowest BCUT2D eigenvalue weighted by Crippen LogP contribution is -2.25. The molecule has 0 spiro atoms. The number of carbonyl (C=O) groups excluding carboxylic acids is 1. The summed E-state index contributed by atoms with van der Waals surface area (Å²) in [5.74, 6) is 0.824. The first-order valence-corrected chi connectivity index (χ1v) is 7.73. The van der Waals surface area contributed by atoms with Gasteiger partial charge in [0.15, 0.2) is 0 Å². The van der Waals surface area contributed by atoms with Gasteiger partial charge in [0, 0.05) is 29.8 Å². The molecule has 5 heteroatoms. The fraction of sp³-hybridized carbons (Fsp3) is 0.353. The zero-order chi connectivity index (χ0) is 15.4. The molecule has 0 atom stereocenters. The van der Waals surface area contributed by atoms with Gasteiger partial charge in [0.2, 0.25) is 0 Å². The zero-order valence-electron chi connectivity index (χ0n) is 12.7. The molecule has 1 aliphatic carbocycles. The van der Waals surface area contributed by atoms with Gasteiger partial charge in [0.1, 0.15) is 12.1 Å². The molecule has 0 unspecified atom stereocenters. The van der Waals surface area contributed by atoms with Crippen LogP contribution >= 0.6 is 0 Å². The SMILES string of the molecule is CCCNc1cc(-c2ccc(C(=O)NC3CC3)cc2)ncn1. The summed E-state index contributed by atoms with van der Waals surface area (Å²) in [6, 6.07) is 9.83. The van der Waals surface area contributed by atoms with Crippen molar-refractivity contribution in [2.75, 3.05) is 11.9 Å². The number of rotatable bonds is 6. The molecule has 1 aliphatic rings. The van der Waals surface area contributed by atoms with Crippen LogP contribution in [0, 0.1) is 0 Å². The first-order chi connectivity index (χ1) is 10.8. The van der Waals surface area contributed by atoms with Gasteiger partial charge < -0.3 is 10.6 Å². The van der Waals surface area contributed by atoms with E-state index in [0.717, 1.165) is 42.9 Å². The third-order valence-electron chi connectivity index (χ3n) is 3.58. The van der Waals surface area contributed by atoms with E-state index in [1.54, 1.807) is 6.33 Å². The second kappa shape index (κ2) is 6.56. The highest BCUT2D eigenvalue weighted by Gasteiger charge is 2.23. The van der Waals surface area contributed by atoms with Crippen LogP contribution in [0.3, 0.4) is 0 Å². The van der Waals surface area contributed by atoms with Gasteiger partial charge in [-0.15, -0.1) is 0 Å². The van der Waals surface area contributed by atoms with Gasteiger partial charge in [0.25, 0.3) is 5.91 Å². The van der Waals surface area contributed by atoms with Gasteiger partial charge in [-0.1, -0.05) is 19.1 Å². The highest BCUT2D eigenvalue weighted by molar-refractivity contribution is 5.95. The molecule has 1 amide bonds. The largest absolute Gasteiger partial charge is 0.370 e. The van der Waals surface area contributed by atoms with E-state index in [9.17, 15) is 4.79 Å². The number of aromatic nitrogens is 2. The summed E-state index contributed by atoms with van der Waals surface area (Å²) < 4.78 is 0. The molecule has 2 aromatic rings. The molecule has 22 heavy (non-hydrogen) atoms. The summed E-state index contributed by atoms with van der Waals surface area (Å²) in [7, 11) is 0. The van der Waals surface area contributed by atoms with Crippen LogP contribution in [-0.4, -0.2) is 28.5 Å². The quantitative estimate of drug-likeness (QED) is 0.860. The van der Waals surface area contributed by atoms with Crippen LogP contribution in [0.5, 0.6) is 0 Å². The molecule has 0 radical (unpaired) electrons. The van der Waals surface area contributed by atoms with E-state index >= 15 is 0 Å². The number of nitrogens with zero attached hydrogens (tertiary/aromatic N) is 2. The van der Waals surface area contributed by atoms with E-state index in [-0.39, 0.29) is 5.91 Å². The predicted molar refractivity (Wildman–Crippen MR) is 86.7 cm³/mol. The van der Waals surface area contributed by atoms with Gasteiger partial charge in [-0.05, 0) is 31.4 Å². The third kappa shape index (κ3) is 3.61. The normalized spacial score (nSPS) is 13.7. The van der Waals surface area contributed by atoms with E-state index < -0.39 is 0 Å². The van der Waals surface area contributed by atoms with E-state index in [4.69, 9.17) is 0 Å². The Morgan fingerprint density at radius 2 is 2.00 bits per heavy atom. The molecule has 1 aromatic carbocycles. The lowest BCUT2D eigenvalue weighted by atomic mass is 10.1. The zero-order valence-corrected chi connectivity index (χ0v) is 12.7. The van der Waals surface area contributed by atoms with Crippen LogP contribution in [-0.2, 0) is 0 Å². The van der Waals surface area contributed by atoms with Crippen molar-refractivity contribution < 1.29 is 4.79 Å². The van der Waals surface area contributed by atoms with Crippen molar-refractivity contribution in [2.24, 2.45) is 0 Å². The molecule has 1 aromatic heterocycles. The van der Waals surface area contributed by atoms with Crippen LogP contribution in [0.25, 0.3) is 11.3 Å². The van der Waals surface area contributed by atoms with Gasteiger partial charge in [0.05, 0.1) is 5.69 Å². The van der Waals surface area contributed by atoms with Gasteiger partial charge in [-0.25, -0.2) is 9.97 Å². The number of amides is 1.